The number of aryl methyl sites for hydroxylation is 1. The second kappa shape index (κ2) is 5.79. The standard InChI is InChI=1S/C18H18ClNO/c1-12-5-7-16(14(9-12)18(2,3)4)21-17-8-6-13(11-20)10-15(17)19/h5-10H,1-4H3. The molecule has 0 amide bonds. The summed E-state index contributed by atoms with van der Waals surface area (Å²) in [7, 11) is 0. The molecule has 0 N–H and O–H groups in total. The van der Waals surface area contributed by atoms with E-state index in [0.717, 1.165) is 11.3 Å². The number of benzene rings is 2. The Morgan fingerprint density at radius 3 is 2.29 bits per heavy atom. The lowest BCUT2D eigenvalue weighted by Crippen LogP contribution is -2.12. The van der Waals surface area contributed by atoms with Crippen LogP contribution in [0.5, 0.6) is 11.5 Å². The Kier molecular flexibility index (Phi) is 4.25. The van der Waals surface area contributed by atoms with Gasteiger partial charge in [0.15, 0.2) is 0 Å². The van der Waals surface area contributed by atoms with E-state index in [9.17, 15) is 0 Å². The minimum Gasteiger partial charge on any atom is -0.455 e. The average Bonchev–Trinajstić information content (AvgIpc) is 2.41. The fourth-order valence-corrected chi connectivity index (χ4v) is 2.31. The number of hydrogen-bond acceptors (Lipinski definition) is 2. The molecule has 0 unspecified atom stereocenters. The summed E-state index contributed by atoms with van der Waals surface area (Å²) in [5, 5.41) is 9.31. The molecule has 0 saturated carbocycles. The summed E-state index contributed by atoms with van der Waals surface area (Å²) in [6.07, 6.45) is 0. The van der Waals surface area contributed by atoms with Crippen molar-refractivity contribution in [3.8, 4) is 17.6 Å². The molecule has 0 aliphatic carbocycles. The van der Waals surface area contributed by atoms with E-state index in [1.807, 2.05) is 12.1 Å². The first-order valence-electron chi connectivity index (χ1n) is 6.80. The van der Waals surface area contributed by atoms with Crippen LogP contribution in [0.15, 0.2) is 36.4 Å². The average molecular weight is 300 g/mol. The first-order valence-corrected chi connectivity index (χ1v) is 7.17. The lowest BCUT2D eigenvalue weighted by Gasteiger charge is -2.23. The van der Waals surface area contributed by atoms with Crippen LogP contribution in [0.25, 0.3) is 0 Å². The van der Waals surface area contributed by atoms with Gasteiger partial charge in [-0.15, -0.1) is 0 Å². The number of ether oxygens (including phenoxy) is 1. The van der Waals surface area contributed by atoms with Gasteiger partial charge >= 0.3 is 0 Å². The van der Waals surface area contributed by atoms with Crippen molar-refractivity contribution in [1.29, 1.82) is 5.26 Å². The molecule has 0 aliphatic heterocycles. The summed E-state index contributed by atoms with van der Waals surface area (Å²) in [4.78, 5) is 0. The second-order valence-corrected chi connectivity index (χ2v) is 6.52. The number of halogens is 1. The summed E-state index contributed by atoms with van der Waals surface area (Å²) < 4.78 is 5.98. The monoisotopic (exact) mass is 299 g/mol. The Hall–Kier alpha value is -1.98. The smallest absolute Gasteiger partial charge is 0.146 e. The lowest BCUT2D eigenvalue weighted by atomic mass is 9.85. The molecule has 3 heteroatoms. The maximum atomic E-state index is 8.87. The third-order valence-electron chi connectivity index (χ3n) is 3.22. The highest BCUT2D eigenvalue weighted by Gasteiger charge is 2.20. The van der Waals surface area contributed by atoms with E-state index in [2.05, 4.69) is 39.8 Å². The van der Waals surface area contributed by atoms with Gasteiger partial charge in [-0.3, -0.25) is 0 Å². The summed E-state index contributed by atoms with van der Waals surface area (Å²) in [5.41, 5.74) is 2.81. The van der Waals surface area contributed by atoms with Crippen LogP contribution in [0.1, 0.15) is 37.5 Å². The van der Waals surface area contributed by atoms with E-state index in [0.29, 0.717) is 16.3 Å². The topological polar surface area (TPSA) is 33.0 Å². The van der Waals surface area contributed by atoms with Gasteiger partial charge in [0.1, 0.15) is 11.5 Å². The highest BCUT2D eigenvalue weighted by molar-refractivity contribution is 6.32. The molecule has 0 saturated heterocycles. The van der Waals surface area contributed by atoms with Crippen molar-refractivity contribution in [3.63, 3.8) is 0 Å². The Labute approximate surface area is 130 Å². The maximum Gasteiger partial charge on any atom is 0.146 e. The van der Waals surface area contributed by atoms with Crippen molar-refractivity contribution in [2.75, 3.05) is 0 Å². The minimum absolute atomic E-state index is 0.0274. The van der Waals surface area contributed by atoms with Gasteiger partial charge in [-0.25, -0.2) is 0 Å². The summed E-state index contributed by atoms with van der Waals surface area (Å²) >= 11 is 6.18. The number of hydrogen-bond donors (Lipinski definition) is 0. The van der Waals surface area contributed by atoms with Gasteiger partial charge in [0.2, 0.25) is 0 Å². The van der Waals surface area contributed by atoms with Gasteiger partial charge in [-0.05, 0) is 36.6 Å². The zero-order valence-corrected chi connectivity index (χ0v) is 13.5. The highest BCUT2D eigenvalue weighted by atomic mass is 35.5. The fraction of sp³-hybridized carbons (Fsp3) is 0.278. The van der Waals surface area contributed by atoms with Crippen molar-refractivity contribution in [1.82, 2.24) is 0 Å². The number of rotatable bonds is 2. The first kappa shape index (κ1) is 15.4. The fourth-order valence-electron chi connectivity index (χ4n) is 2.09. The molecular formula is C18H18ClNO. The SMILES string of the molecule is Cc1ccc(Oc2ccc(C#N)cc2Cl)c(C(C)(C)C)c1. The van der Waals surface area contributed by atoms with E-state index in [4.69, 9.17) is 21.6 Å². The highest BCUT2D eigenvalue weighted by Crippen LogP contribution is 2.37. The van der Waals surface area contributed by atoms with Crippen molar-refractivity contribution in [2.24, 2.45) is 0 Å². The molecule has 0 aromatic heterocycles. The maximum absolute atomic E-state index is 8.87. The first-order chi connectivity index (χ1) is 9.81. The lowest BCUT2D eigenvalue weighted by molar-refractivity contribution is 0.455. The molecule has 2 rings (SSSR count). The van der Waals surface area contributed by atoms with Crippen molar-refractivity contribution < 1.29 is 4.74 Å². The summed E-state index contributed by atoms with van der Waals surface area (Å²) in [5.74, 6) is 1.35. The third-order valence-corrected chi connectivity index (χ3v) is 3.52. The zero-order chi connectivity index (χ0) is 15.6. The molecule has 108 valence electrons. The minimum atomic E-state index is -0.0274. The zero-order valence-electron chi connectivity index (χ0n) is 12.7. The Morgan fingerprint density at radius 1 is 1.05 bits per heavy atom. The quantitative estimate of drug-likeness (QED) is 0.722. The van der Waals surface area contributed by atoms with E-state index in [1.54, 1.807) is 18.2 Å². The largest absolute Gasteiger partial charge is 0.455 e. The normalized spacial score (nSPS) is 11.0. The third kappa shape index (κ3) is 3.56. The van der Waals surface area contributed by atoms with Gasteiger partial charge in [0.05, 0.1) is 16.7 Å². The van der Waals surface area contributed by atoms with Crippen molar-refractivity contribution >= 4 is 11.6 Å². The predicted octanol–water partition coefficient (Wildman–Crippen LogP) is 5.61. The molecule has 0 heterocycles. The Morgan fingerprint density at radius 2 is 1.71 bits per heavy atom. The molecule has 0 aliphatic rings. The van der Waals surface area contributed by atoms with Crippen molar-refractivity contribution in [3.05, 3.63) is 58.1 Å². The van der Waals surface area contributed by atoms with Crippen LogP contribution in [0.2, 0.25) is 5.02 Å². The molecule has 21 heavy (non-hydrogen) atoms. The van der Waals surface area contributed by atoms with Gasteiger partial charge in [0.25, 0.3) is 0 Å². The van der Waals surface area contributed by atoms with E-state index >= 15 is 0 Å². The van der Waals surface area contributed by atoms with Crippen LogP contribution in [0.4, 0.5) is 0 Å². The molecule has 2 nitrogen and oxygen atoms in total. The van der Waals surface area contributed by atoms with Crippen molar-refractivity contribution in [2.45, 2.75) is 33.1 Å². The van der Waals surface area contributed by atoms with Gasteiger partial charge in [-0.1, -0.05) is 50.1 Å². The van der Waals surface area contributed by atoms with Crippen LogP contribution in [0, 0.1) is 18.3 Å². The van der Waals surface area contributed by atoms with Crippen LogP contribution < -0.4 is 4.74 Å². The van der Waals surface area contributed by atoms with E-state index < -0.39 is 0 Å². The van der Waals surface area contributed by atoms with Crippen LogP contribution in [0.3, 0.4) is 0 Å². The number of nitriles is 1. The molecular weight excluding hydrogens is 282 g/mol. The molecule has 0 spiro atoms. The van der Waals surface area contributed by atoms with Crippen LogP contribution >= 0.6 is 11.6 Å². The molecule has 2 aromatic carbocycles. The van der Waals surface area contributed by atoms with Gasteiger partial charge < -0.3 is 4.74 Å². The summed E-state index contributed by atoms with van der Waals surface area (Å²) in [6.45, 7) is 8.51. The molecule has 0 atom stereocenters. The Balaban J connectivity index is 2.43. The van der Waals surface area contributed by atoms with Crippen LogP contribution in [-0.2, 0) is 5.41 Å². The summed E-state index contributed by atoms with van der Waals surface area (Å²) in [6, 6.07) is 13.2. The molecule has 0 fully saturated rings. The second-order valence-electron chi connectivity index (χ2n) is 6.11. The van der Waals surface area contributed by atoms with E-state index in [-0.39, 0.29) is 5.41 Å². The van der Waals surface area contributed by atoms with Gasteiger partial charge in [-0.2, -0.15) is 5.26 Å². The predicted molar refractivity (Wildman–Crippen MR) is 86.1 cm³/mol. The molecule has 0 radical (unpaired) electrons. The molecule has 2 aromatic rings. The number of nitrogens with zero attached hydrogens (tertiary/aromatic N) is 1. The molecule has 0 bridgehead atoms. The van der Waals surface area contributed by atoms with E-state index in [1.165, 1.54) is 5.56 Å². The van der Waals surface area contributed by atoms with Gasteiger partial charge in [0, 0.05) is 5.56 Å². The van der Waals surface area contributed by atoms with Crippen LogP contribution in [-0.4, -0.2) is 0 Å². The Bertz CT molecular complexity index is 708.